The SMILES string of the molecule is O=C(NCc1cccc([N+](=O)[O-])c1)NCC(O)c1ccccc1F. The third-order valence-corrected chi connectivity index (χ3v) is 3.29. The molecule has 0 spiro atoms. The number of benzene rings is 2. The number of nitrogens with zero attached hydrogens (tertiary/aromatic N) is 1. The second-order valence-electron chi connectivity index (χ2n) is 5.03. The quantitative estimate of drug-likeness (QED) is 0.557. The minimum atomic E-state index is -1.17. The van der Waals surface area contributed by atoms with Crippen LogP contribution in [-0.4, -0.2) is 22.6 Å². The Morgan fingerprint density at radius 3 is 2.67 bits per heavy atom. The van der Waals surface area contributed by atoms with E-state index in [9.17, 15) is 24.4 Å². The number of aliphatic hydroxyl groups is 1. The standard InChI is InChI=1S/C16H16FN3O4/c17-14-7-2-1-6-13(14)15(21)10-19-16(22)18-9-11-4-3-5-12(8-11)20(23)24/h1-8,15,21H,9-10H2,(H2,18,19,22). The molecule has 2 aromatic rings. The minimum absolute atomic E-state index is 0.0651. The third kappa shape index (κ3) is 4.75. The molecule has 2 amide bonds. The van der Waals surface area contributed by atoms with Gasteiger partial charge in [-0.15, -0.1) is 0 Å². The van der Waals surface area contributed by atoms with Crippen molar-refractivity contribution in [1.82, 2.24) is 10.6 Å². The van der Waals surface area contributed by atoms with Crippen LogP contribution in [0.2, 0.25) is 0 Å². The Morgan fingerprint density at radius 1 is 1.21 bits per heavy atom. The molecular weight excluding hydrogens is 317 g/mol. The van der Waals surface area contributed by atoms with Crippen LogP contribution < -0.4 is 10.6 Å². The highest BCUT2D eigenvalue weighted by molar-refractivity contribution is 5.73. The van der Waals surface area contributed by atoms with Crippen molar-refractivity contribution in [3.05, 3.63) is 75.6 Å². The topological polar surface area (TPSA) is 104 Å². The van der Waals surface area contributed by atoms with Gasteiger partial charge in [0.1, 0.15) is 5.82 Å². The second kappa shape index (κ2) is 8.02. The molecule has 0 radical (unpaired) electrons. The van der Waals surface area contributed by atoms with E-state index in [2.05, 4.69) is 10.6 Å². The molecule has 3 N–H and O–H groups in total. The fourth-order valence-electron chi connectivity index (χ4n) is 2.07. The molecule has 8 heteroatoms. The van der Waals surface area contributed by atoms with E-state index in [1.54, 1.807) is 12.1 Å². The first-order chi connectivity index (χ1) is 11.5. The van der Waals surface area contributed by atoms with Crippen LogP contribution in [0, 0.1) is 15.9 Å². The molecule has 7 nitrogen and oxygen atoms in total. The Bertz CT molecular complexity index is 739. The Hall–Kier alpha value is -3.00. The Balaban J connectivity index is 1.82. The van der Waals surface area contributed by atoms with Crippen molar-refractivity contribution < 1.29 is 19.2 Å². The van der Waals surface area contributed by atoms with Crippen molar-refractivity contribution in [2.75, 3.05) is 6.54 Å². The molecule has 0 aliphatic carbocycles. The molecule has 0 saturated heterocycles. The summed E-state index contributed by atoms with van der Waals surface area (Å²) in [6.07, 6.45) is -1.17. The van der Waals surface area contributed by atoms with Crippen molar-refractivity contribution in [1.29, 1.82) is 0 Å². The second-order valence-corrected chi connectivity index (χ2v) is 5.03. The van der Waals surface area contributed by atoms with Crippen LogP contribution in [-0.2, 0) is 6.54 Å². The molecule has 0 aliphatic heterocycles. The first-order valence-electron chi connectivity index (χ1n) is 7.15. The number of aliphatic hydroxyl groups excluding tert-OH is 1. The zero-order valence-electron chi connectivity index (χ0n) is 12.6. The van der Waals surface area contributed by atoms with Crippen LogP contribution in [0.1, 0.15) is 17.2 Å². The maximum atomic E-state index is 13.5. The van der Waals surface area contributed by atoms with Gasteiger partial charge in [0.05, 0.1) is 11.0 Å². The van der Waals surface area contributed by atoms with Gasteiger partial charge in [0, 0.05) is 30.8 Å². The molecule has 0 saturated carbocycles. The summed E-state index contributed by atoms with van der Waals surface area (Å²) in [4.78, 5) is 21.9. The molecule has 1 unspecified atom stereocenters. The number of carbonyl (C=O) groups is 1. The molecule has 0 bridgehead atoms. The normalized spacial score (nSPS) is 11.6. The molecule has 2 rings (SSSR count). The number of halogens is 1. The summed E-state index contributed by atoms with van der Waals surface area (Å²) in [5, 5.41) is 25.5. The molecule has 126 valence electrons. The first-order valence-corrected chi connectivity index (χ1v) is 7.15. The van der Waals surface area contributed by atoms with Crippen LogP contribution in [0.3, 0.4) is 0 Å². The maximum Gasteiger partial charge on any atom is 0.315 e. The van der Waals surface area contributed by atoms with Crippen molar-refractivity contribution in [2.24, 2.45) is 0 Å². The highest BCUT2D eigenvalue weighted by atomic mass is 19.1. The van der Waals surface area contributed by atoms with E-state index in [4.69, 9.17) is 0 Å². The van der Waals surface area contributed by atoms with E-state index >= 15 is 0 Å². The number of rotatable bonds is 6. The van der Waals surface area contributed by atoms with Gasteiger partial charge in [-0.2, -0.15) is 0 Å². The summed E-state index contributed by atoms with van der Waals surface area (Å²) in [6.45, 7) is -0.0784. The van der Waals surface area contributed by atoms with Crippen LogP contribution in [0.25, 0.3) is 0 Å². The minimum Gasteiger partial charge on any atom is -0.386 e. The lowest BCUT2D eigenvalue weighted by Gasteiger charge is -2.13. The first kappa shape index (κ1) is 17.4. The number of nitro groups is 1. The molecule has 2 aromatic carbocycles. The number of hydrogen-bond acceptors (Lipinski definition) is 4. The molecule has 0 heterocycles. The predicted octanol–water partition coefficient (Wildman–Crippen LogP) is 2.27. The number of hydrogen-bond donors (Lipinski definition) is 3. The lowest BCUT2D eigenvalue weighted by atomic mass is 10.1. The summed E-state index contributed by atoms with van der Waals surface area (Å²) >= 11 is 0. The average molecular weight is 333 g/mol. The number of nitro benzene ring substituents is 1. The Labute approximate surface area is 137 Å². The van der Waals surface area contributed by atoms with E-state index in [0.717, 1.165) is 0 Å². The fourth-order valence-corrected chi connectivity index (χ4v) is 2.07. The molecule has 24 heavy (non-hydrogen) atoms. The summed E-state index contributed by atoms with van der Waals surface area (Å²) in [7, 11) is 0. The third-order valence-electron chi connectivity index (χ3n) is 3.29. The summed E-state index contributed by atoms with van der Waals surface area (Å²) < 4.78 is 13.5. The van der Waals surface area contributed by atoms with Gasteiger partial charge in [-0.05, 0) is 11.6 Å². The summed E-state index contributed by atoms with van der Waals surface area (Å²) in [6, 6.07) is 11.1. The van der Waals surface area contributed by atoms with Gasteiger partial charge in [0.15, 0.2) is 0 Å². The van der Waals surface area contributed by atoms with Gasteiger partial charge in [-0.1, -0.05) is 30.3 Å². The fraction of sp³-hybridized carbons (Fsp3) is 0.188. The lowest BCUT2D eigenvalue weighted by Crippen LogP contribution is -2.37. The van der Waals surface area contributed by atoms with Gasteiger partial charge in [-0.3, -0.25) is 10.1 Å². The van der Waals surface area contributed by atoms with E-state index in [-0.39, 0.29) is 24.3 Å². The highest BCUT2D eigenvalue weighted by Crippen LogP contribution is 2.15. The van der Waals surface area contributed by atoms with E-state index in [1.165, 1.54) is 36.4 Å². The maximum absolute atomic E-state index is 13.5. The summed E-state index contributed by atoms with van der Waals surface area (Å²) in [5.41, 5.74) is 0.593. The number of amides is 2. The highest BCUT2D eigenvalue weighted by Gasteiger charge is 2.13. The number of carbonyl (C=O) groups excluding carboxylic acids is 1. The van der Waals surface area contributed by atoms with Crippen LogP contribution in [0.4, 0.5) is 14.9 Å². The molecule has 0 aromatic heterocycles. The van der Waals surface area contributed by atoms with Gasteiger partial charge in [0.25, 0.3) is 5.69 Å². The largest absolute Gasteiger partial charge is 0.386 e. The van der Waals surface area contributed by atoms with Gasteiger partial charge in [0.2, 0.25) is 0 Å². The Morgan fingerprint density at radius 2 is 1.96 bits per heavy atom. The summed E-state index contributed by atoms with van der Waals surface area (Å²) in [5.74, 6) is -0.552. The van der Waals surface area contributed by atoms with Crippen molar-refractivity contribution in [2.45, 2.75) is 12.6 Å². The Kier molecular flexibility index (Phi) is 5.80. The predicted molar refractivity (Wildman–Crippen MR) is 84.7 cm³/mol. The smallest absolute Gasteiger partial charge is 0.315 e. The number of nitrogens with one attached hydrogen (secondary N) is 2. The van der Waals surface area contributed by atoms with E-state index in [0.29, 0.717) is 5.56 Å². The lowest BCUT2D eigenvalue weighted by molar-refractivity contribution is -0.384. The molecule has 0 fully saturated rings. The van der Waals surface area contributed by atoms with Crippen molar-refractivity contribution >= 4 is 11.7 Å². The van der Waals surface area contributed by atoms with Gasteiger partial charge < -0.3 is 15.7 Å². The van der Waals surface area contributed by atoms with Gasteiger partial charge in [-0.25, -0.2) is 9.18 Å². The van der Waals surface area contributed by atoms with Gasteiger partial charge >= 0.3 is 6.03 Å². The monoisotopic (exact) mass is 333 g/mol. The number of urea groups is 1. The van der Waals surface area contributed by atoms with E-state index in [1.807, 2.05) is 0 Å². The number of non-ortho nitro benzene ring substituents is 1. The van der Waals surface area contributed by atoms with E-state index < -0.39 is 22.9 Å². The van der Waals surface area contributed by atoms with Crippen LogP contribution >= 0.6 is 0 Å². The zero-order chi connectivity index (χ0) is 17.5. The van der Waals surface area contributed by atoms with Crippen LogP contribution in [0.5, 0.6) is 0 Å². The zero-order valence-corrected chi connectivity index (χ0v) is 12.6. The van der Waals surface area contributed by atoms with Crippen molar-refractivity contribution in [3.63, 3.8) is 0 Å². The average Bonchev–Trinajstić information content (AvgIpc) is 2.58. The van der Waals surface area contributed by atoms with Crippen molar-refractivity contribution in [3.8, 4) is 0 Å². The van der Waals surface area contributed by atoms with Crippen LogP contribution in [0.15, 0.2) is 48.5 Å². The molecular formula is C16H16FN3O4. The molecule has 0 aliphatic rings. The molecule has 1 atom stereocenters.